The molecule has 0 amide bonds. The molecule has 1 aliphatic heterocycles. The second-order valence-corrected chi connectivity index (χ2v) is 3.69. The summed E-state index contributed by atoms with van der Waals surface area (Å²) in [6, 6.07) is 0. The molecular weight excluding hydrogens is 146 g/mol. The number of hydrogen-bond donors (Lipinski definition) is 1. The standard InChI is InChI=1S/C7H13NOS/c8-3-1-6-2-4-10-5-7(6)9/h6H,1-5,8H2. The SMILES string of the molecule is NCCC1CCSCC1=O. The van der Waals surface area contributed by atoms with Crippen LogP contribution in [0.25, 0.3) is 0 Å². The van der Waals surface area contributed by atoms with Gasteiger partial charge < -0.3 is 5.73 Å². The number of ketones is 1. The van der Waals surface area contributed by atoms with E-state index in [1.807, 2.05) is 0 Å². The van der Waals surface area contributed by atoms with Gasteiger partial charge in [0.1, 0.15) is 5.78 Å². The lowest BCUT2D eigenvalue weighted by Gasteiger charge is -2.18. The fourth-order valence-corrected chi connectivity index (χ4v) is 2.22. The number of hydrogen-bond acceptors (Lipinski definition) is 3. The molecule has 58 valence electrons. The predicted molar refractivity (Wildman–Crippen MR) is 44.1 cm³/mol. The lowest BCUT2D eigenvalue weighted by molar-refractivity contribution is -0.120. The molecule has 0 aromatic rings. The fourth-order valence-electron chi connectivity index (χ4n) is 1.18. The molecule has 1 aliphatic rings. The van der Waals surface area contributed by atoms with E-state index in [0.29, 0.717) is 18.1 Å². The highest BCUT2D eigenvalue weighted by Gasteiger charge is 2.20. The molecule has 0 spiro atoms. The van der Waals surface area contributed by atoms with Crippen LogP contribution in [0.5, 0.6) is 0 Å². The molecule has 0 aromatic carbocycles. The fraction of sp³-hybridized carbons (Fsp3) is 0.857. The Morgan fingerprint density at radius 3 is 3.10 bits per heavy atom. The number of Topliss-reactive ketones (excluding diaryl/α,β-unsaturated/α-hetero) is 1. The largest absolute Gasteiger partial charge is 0.330 e. The summed E-state index contributed by atoms with van der Waals surface area (Å²) in [6.07, 6.45) is 1.93. The van der Waals surface area contributed by atoms with Crippen LogP contribution in [-0.2, 0) is 4.79 Å². The van der Waals surface area contributed by atoms with E-state index in [1.54, 1.807) is 11.8 Å². The summed E-state index contributed by atoms with van der Waals surface area (Å²) in [6.45, 7) is 0.654. The molecule has 1 heterocycles. The average Bonchev–Trinajstić information content (AvgIpc) is 1.94. The van der Waals surface area contributed by atoms with E-state index >= 15 is 0 Å². The van der Waals surface area contributed by atoms with Crippen LogP contribution in [0.4, 0.5) is 0 Å². The quantitative estimate of drug-likeness (QED) is 0.643. The summed E-state index contributed by atoms with van der Waals surface area (Å²) in [5.41, 5.74) is 5.36. The molecule has 0 saturated carbocycles. The van der Waals surface area contributed by atoms with E-state index < -0.39 is 0 Å². The van der Waals surface area contributed by atoms with Crippen LogP contribution < -0.4 is 5.73 Å². The highest BCUT2D eigenvalue weighted by atomic mass is 32.2. The first kappa shape index (κ1) is 8.08. The van der Waals surface area contributed by atoms with Crippen LogP contribution in [0.15, 0.2) is 0 Å². The van der Waals surface area contributed by atoms with Gasteiger partial charge in [-0.2, -0.15) is 11.8 Å². The van der Waals surface area contributed by atoms with Crippen molar-refractivity contribution < 1.29 is 4.79 Å². The summed E-state index contributed by atoms with van der Waals surface area (Å²) in [7, 11) is 0. The first-order chi connectivity index (χ1) is 4.84. The molecule has 1 rings (SSSR count). The van der Waals surface area contributed by atoms with Crippen LogP contribution in [0.3, 0.4) is 0 Å². The Morgan fingerprint density at radius 2 is 2.50 bits per heavy atom. The van der Waals surface area contributed by atoms with E-state index in [1.165, 1.54) is 0 Å². The molecule has 2 N–H and O–H groups in total. The van der Waals surface area contributed by atoms with Gasteiger partial charge in [-0.1, -0.05) is 0 Å². The minimum atomic E-state index is 0.284. The van der Waals surface area contributed by atoms with E-state index in [4.69, 9.17) is 5.73 Å². The van der Waals surface area contributed by atoms with Crippen molar-refractivity contribution >= 4 is 17.5 Å². The van der Waals surface area contributed by atoms with Crippen LogP contribution >= 0.6 is 11.8 Å². The maximum atomic E-state index is 11.1. The van der Waals surface area contributed by atoms with Crippen molar-refractivity contribution in [2.45, 2.75) is 12.8 Å². The second kappa shape index (κ2) is 3.98. The van der Waals surface area contributed by atoms with Gasteiger partial charge in [0.15, 0.2) is 0 Å². The van der Waals surface area contributed by atoms with Crippen molar-refractivity contribution in [3.05, 3.63) is 0 Å². The summed E-state index contributed by atoms with van der Waals surface area (Å²) in [4.78, 5) is 11.1. The summed E-state index contributed by atoms with van der Waals surface area (Å²) in [5, 5.41) is 0. The van der Waals surface area contributed by atoms with Crippen molar-refractivity contribution in [1.29, 1.82) is 0 Å². The molecule has 10 heavy (non-hydrogen) atoms. The van der Waals surface area contributed by atoms with Gasteiger partial charge >= 0.3 is 0 Å². The van der Waals surface area contributed by atoms with E-state index in [0.717, 1.165) is 18.6 Å². The summed E-state index contributed by atoms with van der Waals surface area (Å²) >= 11 is 1.74. The van der Waals surface area contributed by atoms with Crippen molar-refractivity contribution in [1.82, 2.24) is 0 Å². The molecule has 1 fully saturated rings. The highest BCUT2D eigenvalue weighted by molar-refractivity contribution is 8.00. The number of carbonyl (C=O) groups is 1. The Labute approximate surface area is 65.5 Å². The number of rotatable bonds is 2. The minimum Gasteiger partial charge on any atom is -0.330 e. The number of nitrogens with two attached hydrogens (primary N) is 1. The highest BCUT2D eigenvalue weighted by Crippen LogP contribution is 2.21. The molecule has 1 atom stereocenters. The van der Waals surface area contributed by atoms with Crippen molar-refractivity contribution in [2.24, 2.45) is 11.7 Å². The van der Waals surface area contributed by atoms with Gasteiger partial charge in [-0.05, 0) is 25.1 Å². The van der Waals surface area contributed by atoms with Crippen molar-refractivity contribution in [3.63, 3.8) is 0 Å². The Bertz CT molecular complexity index is 125. The molecule has 1 unspecified atom stereocenters. The summed E-state index contributed by atoms with van der Waals surface area (Å²) in [5.74, 6) is 2.54. The normalized spacial score (nSPS) is 26.9. The predicted octanol–water partition coefficient (Wildman–Crippen LogP) is 0.657. The van der Waals surface area contributed by atoms with Crippen LogP contribution in [0.1, 0.15) is 12.8 Å². The summed E-state index contributed by atoms with van der Waals surface area (Å²) < 4.78 is 0. The maximum absolute atomic E-state index is 11.1. The second-order valence-electron chi connectivity index (χ2n) is 2.58. The Morgan fingerprint density at radius 1 is 1.70 bits per heavy atom. The lowest BCUT2D eigenvalue weighted by atomic mass is 9.98. The molecule has 0 radical (unpaired) electrons. The number of carbonyl (C=O) groups excluding carboxylic acids is 1. The van der Waals surface area contributed by atoms with Gasteiger partial charge in [0.25, 0.3) is 0 Å². The monoisotopic (exact) mass is 159 g/mol. The minimum absolute atomic E-state index is 0.284. The first-order valence-corrected chi connectivity index (χ1v) is 4.80. The molecule has 2 nitrogen and oxygen atoms in total. The smallest absolute Gasteiger partial charge is 0.145 e. The van der Waals surface area contributed by atoms with Gasteiger partial charge in [-0.3, -0.25) is 4.79 Å². The van der Waals surface area contributed by atoms with Gasteiger partial charge in [0.05, 0.1) is 5.75 Å². The van der Waals surface area contributed by atoms with Gasteiger partial charge in [-0.25, -0.2) is 0 Å². The van der Waals surface area contributed by atoms with Crippen LogP contribution in [-0.4, -0.2) is 23.8 Å². The van der Waals surface area contributed by atoms with Gasteiger partial charge in [0.2, 0.25) is 0 Å². The molecule has 0 aromatic heterocycles. The van der Waals surface area contributed by atoms with E-state index in [9.17, 15) is 4.79 Å². The molecule has 3 heteroatoms. The average molecular weight is 159 g/mol. The Balaban J connectivity index is 2.32. The molecule has 1 saturated heterocycles. The molecular formula is C7H13NOS. The lowest BCUT2D eigenvalue weighted by Crippen LogP contribution is -2.24. The van der Waals surface area contributed by atoms with Gasteiger partial charge in [0, 0.05) is 5.92 Å². The Kier molecular flexibility index (Phi) is 3.22. The molecule has 0 aliphatic carbocycles. The third-order valence-corrected chi connectivity index (χ3v) is 2.84. The zero-order chi connectivity index (χ0) is 7.40. The zero-order valence-electron chi connectivity index (χ0n) is 6.01. The first-order valence-electron chi connectivity index (χ1n) is 3.65. The van der Waals surface area contributed by atoms with Crippen molar-refractivity contribution in [2.75, 3.05) is 18.1 Å². The van der Waals surface area contributed by atoms with Gasteiger partial charge in [-0.15, -0.1) is 0 Å². The van der Waals surface area contributed by atoms with Crippen LogP contribution in [0.2, 0.25) is 0 Å². The number of thioether (sulfide) groups is 1. The zero-order valence-corrected chi connectivity index (χ0v) is 6.82. The third kappa shape index (κ3) is 1.99. The van der Waals surface area contributed by atoms with Crippen molar-refractivity contribution in [3.8, 4) is 0 Å². The topological polar surface area (TPSA) is 43.1 Å². The Hall–Kier alpha value is -0.0200. The third-order valence-electron chi connectivity index (χ3n) is 1.83. The van der Waals surface area contributed by atoms with E-state index in [2.05, 4.69) is 0 Å². The maximum Gasteiger partial charge on any atom is 0.145 e. The van der Waals surface area contributed by atoms with E-state index in [-0.39, 0.29) is 5.92 Å². The molecule has 0 bridgehead atoms. The van der Waals surface area contributed by atoms with Crippen LogP contribution in [0, 0.1) is 5.92 Å².